The molecule has 0 bridgehead atoms. The largest absolute Gasteiger partial charge is 0.385 e. The zero-order valence-electron chi connectivity index (χ0n) is 14.7. The molecule has 2 aromatic rings. The van der Waals surface area contributed by atoms with Crippen molar-refractivity contribution in [1.29, 1.82) is 0 Å². The first-order valence-electron chi connectivity index (χ1n) is 8.46. The summed E-state index contributed by atoms with van der Waals surface area (Å²) in [5.74, 6) is 0. The Labute approximate surface area is 156 Å². The van der Waals surface area contributed by atoms with Gasteiger partial charge in [0.1, 0.15) is 5.69 Å². The van der Waals surface area contributed by atoms with E-state index >= 15 is 0 Å². The first-order chi connectivity index (χ1) is 13.0. The molecule has 0 aliphatic heterocycles. The van der Waals surface area contributed by atoms with Crippen molar-refractivity contribution in [3.8, 4) is 0 Å². The van der Waals surface area contributed by atoms with Crippen molar-refractivity contribution in [2.75, 3.05) is 42.1 Å². The standard InChI is InChI=1S/C17H22N6O4/c18-8-11-20-14-4-7-17(23(26)27)16(12-14)21-10-1-9-19-13-2-5-15(6-3-13)22(24)25/h2-7,12,19-21H,1,8-11,18H2. The molecule has 27 heavy (non-hydrogen) atoms. The topological polar surface area (TPSA) is 148 Å². The van der Waals surface area contributed by atoms with E-state index in [2.05, 4.69) is 16.0 Å². The van der Waals surface area contributed by atoms with Gasteiger partial charge in [0.25, 0.3) is 11.4 Å². The van der Waals surface area contributed by atoms with Crippen LogP contribution in [0.5, 0.6) is 0 Å². The van der Waals surface area contributed by atoms with Crippen LogP contribution < -0.4 is 21.7 Å². The third-order valence-electron chi connectivity index (χ3n) is 3.74. The average Bonchev–Trinajstić information content (AvgIpc) is 2.66. The molecule has 0 unspecified atom stereocenters. The van der Waals surface area contributed by atoms with Crippen LogP contribution in [0.3, 0.4) is 0 Å². The third kappa shape index (κ3) is 6.12. The Morgan fingerprint density at radius 1 is 0.815 bits per heavy atom. The molecule has 10 nitrogen and oxygen atoms in total. The highest BCUT2D eigenvalue weighted by molar-refractivity contribution is 5.68. The van der Waals surface area contributed by atoms with Gasteiger partial charge < -0.3 is 21.7 Å². The maximum atomic E-state index is 11.2. The number of nitro benzene ring substituents is 2. The van der Waals surface area contributed by atoms with Crippen LogP contribution in [0.25, 0.3) is 0 Å². The van der Waals surface area contributed by atoms with Crippen molar-refractivity contribution in [3.63, 3.8) is 0 Å². The Morgan fingerprint density at radius 3 is 2.07 bits per heavy atom. The van der Waals surface area contributed by atoms with E-state index in [0.29, 0.717) is 38.3 Å². The summed E-state index contributed by atoms with van der Waals surface area (Å²) in [6, 6.07) is 10.9. The highest BCUT2D eigenvalue weighted by Crippen LogP contribution is 2.27. The van der Waals surface area contributed by atoms with E-state index in [1.165, 1.54) is 18.2 Å². The van der Waals surface area contributed by atoms with Crippen LogP contribution in [0.15, 0.2) is 42.5 Å². The summed E-state index contributed by atoms with van der Waals surface area (Å²) in [6.07, 6.45) is 0.703. The van der Waals surface area contributed by atoms with Gasteiger partial charge in [-0.05, 0) is 30.7 Å². The SMILES string of the molecule is NCCNc1ccc([N+](=O)[O-])c(NCCCNc2ccc([N+](=O)[O-])cc2)c1. The smallest absolute Gasteiger partial charge is 0.292 e. The van der Waals surface area contributed by atoms with E-state index in [0.717, 1.165) is 11.4 Å². The van der Waals surface area contributed by atoms with E-state index in [4.69, 9.17) is 5.73 Å². The fourth-order valence-electron chi connectivity index (χ4n) is 2.41. The highest BCUT2D eigenvalue weighted by atomic mass is 16.6. The molecule has 0 saturated carbocycles. The van der Waals surface area contributed by atoms with Crippen LogP contribution in [-0.2, 0) is 0 Å². The van der Waals surface area contributed by atoms with Gasteiger partial charge in [0.2, 0.25) is 0 Å². The summed E-state index contributed by atoms with van der Waals surface area (Å²) in [5.41, 5.74) is 7.48. The number of hydrogen-bond donors (Lipinski definition) is 4. The summed E-state index contributed by atoms with van der Waals surface area (Å²) in [5, 5.41) is 31.1. The van der Waals surface area contributed by atoms with E-state index in [9.17, 15) is 20.2 Å². The molecule has 0 aliphatic rings. The average molecular weight is 374 g/mol. The third-order valence-corrected chi connectivity index (χ3v) is 3.74. The summed E-state index contributed by atoms with van der Waals surface area (Å²) in [6.45, 7) is 2.19. The van der Waals surface area contributed by atoms with Gasteiger partial charge in [0.05, 0.1) is 9.85 Å². The van der Waals surface area contributed by atoms with Crippen molar-refractivity contribution in [2.45, 2.75) is 6.42 Å². The number of nitro groups is 2. The second-order valence-electron chi connectivity index (χ2n) is 5.72. The molecule has 0 amide bonds. The zero-order valence-corrected chi connectivity index (χ0v) is 14.7. The van der Waals surface area contributed by atoms with Gasteiger partial charge in [-0.1, -0.05) is 0 Å². The molecule has 10 heteroatoms. The second kappa shape index (κ2) is 9.92. The lowest BCUT2D eigenvalue weighted by Gasteiger charge is -2.11. The van der Waals surface area contributed by atoms with Crippen molar-refractivity contribution in [3.05, 3.63) is 62.7 Å². The number of nitrogens with one attached hydrogen (secondary N) is 3. The van der Waals surface area contributed by atoms with Gasteiger partial charge >= 0.3 is 0 Å². The van der Waals surface area contributed by atoms with Crippen LogP contribution in [0.1, 0.15) is 6.42 Å². The van der Waals surface area contributed by atoms with Crippen molar-refractivity contribution < 1.29 is 9.85 Å². The predicted octanol–water partition coefficient (Wildman–Crippen LogP) is 2.79. The zero-order chi connectivity index (χ0) is 19.6. The van der Waals surface area contributed by atoms with Gasteiger partial charge in [0, 0.05) is 55.8 Å². The Kier molecular flexibility index (Phi) is 7.32. The van der Waals surface area contributed by atoms with Gasteiger partial charge in [-0.2, -0.15) is 0 Å². The van der Waals surface area contributed by atoms with Gasteiger partial charge in [0.15, 0.2) is 0 Å². The van der Waals surface area contributed by atoms with Crippen molar-refractivity contribution in [1.82, 2.24) is 0 Å². The molecule has 2 aromatic carbocycles. The summed E-state index contributed by atoms with van der Waals surface area (Å²) in [7, 11) is 0. The van der Waals surface area contributed by atoms with Crippen molar-refractivity contribution in [2.24, 2.45) is 5.73 Å². The fraction of sp³-hybridized carbons (Fsp3) is 0.294. The van der Waals surface area contributed by atoms with Crippen LogP contribution in [0.2, 0.25) is 0 Å². The molecule has 0 saturated heterocycles. The molecule has 2 rings (SSSR count). The minimum atomic E-state index is -0.447. The first kappa shape index (κ1) is 19.9. The number of non-ortho nitro benzene ring substituents is 1. The Morgan fingerprint density at radius 2 is 1.44 bits per heavy atom. The summed E-state index contributed by atoms with van der Waals surface area (Å²) >= 11 is 0. The van der Waals surface area contributed by atoms with Gasteiger partial charge in [-0.3, -0.25) is 20.2 Å². The monoisotopic (exact) mass is 374 g/mol. The Hall–Kier alpha value is -3.40. The molecule has 0 radical (unpaired) electrons. The number of nitrogens with two attached hydrogens (primary N) is 1. The van der Waals surface area contributed by atoms with Crippen LogP contribution >= 0.6 is 0 Å². The van der Waals surface area contributed by atoms with Crippen LogP contribution in [0, 0.1) is 20.2 Å². The highest BCUT2D eigenvalue weighted by Gasteiger charge is 2.13. The second-order valence-corrected chi connectivity index (χ2v) is 5.72. The molecule has 5 N–H and O–H groups in total. The Balaban J connectivity index is 1.84. The molecule has 0 spiro atoms. The summed E-state index contributed by atoms with van der Waals surface area (Å²) < 4.78 is 0. The lowest BCUT2D eigenvalue weighted by Crippen LogP contribution is -2.14. The molecule has 0 aliphatic carbocycles. The number of hydrogen-bond acceptors (Lipinski definition) is 8. The molecule has 0 aromatic heterocycles. The van der Waals surface area contributed by atoms with E-state index in [-0.39, 0.29) is 11.4 Å². The number of anilines is 3. The number of rotatable bonds is 11. The maximum Gasteiger partial charge on any atom is 0.292 e. The van der Waals surface area contributed by atoms with Crippen LogP contribution in [0.4, 0.5) is 28.4 Å². The van der Waals surface area contributed by atoms with Crippen LogP contribution in [-0.4, -0.2) is 36.0 Å². The number of nitrogens with zero attached hydrogens (tertiary/aromatic N) is 2. The predicted molar refractivity (Wildman–Crippen MR) is 105 cm³/mol. The van der Waals surface area contributed by atoms with Gasteiger partial charge in [-0.15, -0.1) is 0 Å². The first-order valence-corrected chi connectivity index (χ1v) is 8.46. The molecular weight excluding hydrogens is 352 g/mol. The number of benzene rings is 2. The fourth-order valence-corrected chi connectivity index (χ4v) is 2.41. The minimum Gasteiger partial charge on any atom is -0.385 e. The van der Waals surface area contributed by atoms with E-state index in [1.54, 1.807) is 24.3 Å². The molecule has 144 valence electrons. The van der Waals surface area contributed by atoms with Gasteiger partial charge in [-0.25, -0.2) is 0 Å². The molecule has 0 atom stereocenters. The lowest BCUT2D eigenvalue weighted by molar-refractivity contribution is -0.384. The maximum absolute atomic E-state index is 11.2. The lowest BCUT2D eigenvalue weighted by atomic mass is 10.2. The molecule has 0 heterocycles. The minimum absolute atomic E-state index is 0.0108. The quantitative estimate of drug-likeness (QED) is 0.266. The van der Waals surface area contributed by atoms with Crippen molar-refractivity contribution >= 4 is 28.4 Å². The van der Waals surface area contributed by atoms with E-state index < -0.39 is 9.85 Å². The molecular formula is C17H22N6O4. The van der Waals surface area contributed by atoms with E-state index in [1.807, 2.05) is 0 Å². The normalized spacial score (nSPS) is 10.3. The molecule has 0 fully saturated rings. The summed E-state index contributed by atoms with van der Waals surface area (Å²) in [4.78, 5) is 20.9. The Bertz CT molecular complexity index is 781.